The van der Waals surface area contributed by atoms with Crippen LogP contribution < -0.4 is 10.6 Å². The van der Waals surface area contributed by atoms with Crippen molar-refractivity contribution < 1.29 is 14.7 Å². The third kappa shape index (κ3) is 5.89. The van der Waals surface area contributed by atoms with E-state index in [4.69, 9.17) is 5.11 Å². The summed E-state index contributed by atoms with van der Waals surface area (Å²) >= 11 is 0. The second kappa shape index (κ2) is 6.61. The Bertz CT molecular complexity index is 297. The lowest BCUT2D eigenvalue weighted by Crippen LogP contribution is -2.51. The van der Waals surface area contributed by atoms with Gasteiger partial charge in [0, 0.05) is 18.0 Å². The molecule has 1 fully saturated rings. The number of carbonyl (C=O) groups is 2. The fourth-order valence-electron chi connectivity index (χ4n) is 2.26. The Labute approximate surface area is 108 Å². The van der Waals surface area contributed by atoms with Crippen molar-refractivity contribution >= 4 is 12.0 Å². The number of aliphatic carboxylic acids is 1. The molecule has 0 saturated heterocycles. The van der Waals surface area contributed by atoms with E-state index >= 15 is 0 Å². The van der Waals surface area contributed by atoms with E-state index in [9.17, 15) is 9.59 Å². The number of carboxylic acids is 1. The summed E-state index contributed by atoms with van der Waals surface area (Å²) in [5, 5.41) is 14.5. The van der Waals surface area contributed by atoms with Gasteiger partial charge in [-0.25, -0.2) is 4.79 Å². The molecule has 0 radical (unpaired) electrons. The molecule has 1 saturated carbocycles. The van der Waals surface area contributed by atoms with E-state index in [-0.39, 0.29) is 18.5 Å². The van der Waals surface area contributed by atoms with Crippen LogP contribution in [0, 0.1) is 0 Å². The quantitative estimate of drug-likeness (QED) is 0.706. The zero-order chi connectivity index (χ0) is 13.6. The molecular weight excluding hydrogens is 232 g/mol. The van der Waals surface area contributed by atoms with Gasteiger partial charge in [-0.15, -0.1) is 0 Å². The predicted octanol–water partition coefficient (Wildman–Crippen LogP) is 2.26. The molecule has 0 heterocycles. The fourth-order valence-corrected chi connectivity index (χ4v) is 2.26. The summed E-state index contributed by atoms with van der Waals surface area (Å²) in [7, 11) is 0. The number of carbonyl (C=O) groups excluding carboxylic acids is 1. The first-order valence-corrected chi connectivity index (χ1v) is 6.69. The highest BCUT2D eigenvalue weighted by molar-refractivity contribution is 5.75. The molecule has 1 aliphatic carbocycles. The third-order valence-corrected chi connectivity index (χ3v) is 3.36. The van der Waals surface area contributed by atoms with Crippen molar-refractivity contribution in [3.05, 3.63) is 0 Å². The Balaban J connectivity index is 2.30. The lowest BCUT2D eigenvalue weighted by molar-refractivity contribution is -0.137. The van der Waals surface area contributed by atoms with Crippen LogP contribution in [0.1, 0.15) is 58.8 Å². The molecule has 0 spiro atoms. The number of hydrogen-bond donors (Lipinski definition) is 3. The first kappa shape index (κ1) is 14.8. The van der Waals surface area contributed by atoms with Crippen LogP contribution in [0.25, 0.3) is 0 Å². The van der Waals surface area contributed by atoms with Gasteiger partial charge in [0.1, 0.15) is 0 Å². The Kier molecular flexibility index (Phi) is 5.44. The van der Waals surface area contributed by atoms with E-state index in [1.54, 1.807) is 0 Å². The van der Waals surface area contributed by atoms with Crippen molar-refractivity contribution in [2.24, 2.45) is 0 Å². The summed E-state index contributed by atoms with van der Waals surface area (Å²) in [4.78, 5) is 22.3. The van der Waals surface area contributed by atoms with Gasteiger partial charge in [-0.2, -0.15) is 0 Å². The number of rotatable bonds is 5. The molecule has 104 valence electrons. The third-order valence-electron chi connectivity index (χ3n) is 3.36. The second-order valence-corrected chi connectivity index (χ2v) is 5.71. The highest BCUT2D eigenvalue weighted by Crippen LogP contribution is 2.17. The van der Waals surface area contributed by atoms with Gasteiger partial charge in [-0.3, -0.25) is 4.79 Å². The number of urea groups is 1. The molecule has 18 heavy (non-hydrogen) atoms. The maximum Gasteiger partial charge on any atom is 0.315 e. The molecule has 2 amide bonds. The topological polar surface area (TPSA) is 78.4 Å². The summed E-state index contributed by atoms with van der Waals surface area (Å²) in [5.74, 6) is -0.836. The SMILES string of the molecule is CC(C)(CCC(=O)O)NC(=O)NC1CCCCC1. The van der Waals surface area contributed by atoms with Gasteiger partial charge in [0.2, 0.25) is 0 Å². The van der Waals surface area contributed by atoms with E-state index in [2.05, 4.69) is 10.6 Å². The average molecular weight is 256 g/mol. The minimum Gasteiger partial charge on any atom is -0.481 e. The van der Waals surface area contributed by atoms with Crippen molar-refractivity contribution in [3.63, 3.8) is 0 Å². The largest absolute Gasteiger partial charge is 0.481 e. The van der Waals surface area contributed by atoms with Crippen LogP contribution in [-0.4, -0.2) is 28.7 Å². The Morgan fingerprint density at radius 3 is 2.39 bits per heavy atom. The zero-order valence-electron chi connectivity index (χ0n) is 11.3. The van der Waals surface area contributed by atoms with E-state index in [0.717, 1.165) is 12.8 Å². The average Bonchev–Trinajstić information content (AvgIpc) is 2.27. The standard InChI is InChI=1S/C13H24N2O3/c1-13(2,9-8-11(16)17)15-12(18)14-10-6-4-3-5-7-10/h10H,3-9H2,1-2H3,(H,16,17)(H2,14,15,18). The van der Waals surface area contributed by atoms with Crippen LogP contribution in [0.4, 0.5) is 4.79 Å². The molecule has 0 unspecified atom stereocenters. The summed E-state index contributed by atoms with van der Waals surface area (Å²) < 4.78 is 0. The lowest BCUT2D eigenvalue weighted by Gasteiger charge is -2.29. The number of amides is 2. The van der Waals surface area contributed by atoms with Crippen molar-refractivity contribution in [1.29, 1.82) is 0 Å². The fraction of sp³-hybridized carbons (Fsp3) is 0.846. The van der Waals surface area contributed by atoms with Crippen LogP contribution >= 0.6 is 0 Å². The van der Waals surface area contributed by atoms with Gasteiger partial charge in [0.05, 0.1) is 0 Å². The minimum absolute atomic E-state index is 0.0662. The Morgan fingerprint density at radius 1 is 1.22 bits per heavy atom. The maximum atomic E-state index is 11.8. The summed E-state index contributed by atoms with van der Waals surface area (Å²) in [6.45, 7) is 3.69. The van der Waals surface area contributed by atoms with Gasteiger partial charge in [0.15, 0.2) is 0 Å². The molecule has 5 heteroatoms. The molecule has 0 aromatic carbocycles. The molecule has 5 nitrogen and oxygen atoms in total. The molecule has 0 atom stereocenters. The van der Waals surface area contributed by atoms with Crippen molar-refractivity contribution in [1.82, 2.24) is 10.6 Å². The number of carboxylic acid groups (broad SMARTS) is 1. The second-order valence-electron chi connectivity index (χ2n) is 5.71. The van der Waals surface area contributed by atoms with Crippen LogP contribution in [0.2, 0.25) is 0 Å². The van der Waals surface area contributed by atoms with Crippen molar-refractivity contribution in [2.45, 2.75) is 70.4 Å². The van der Waals surface area contributed by atoms with Gasteiger partial charge in [-0.1, -0.05) is 19.3 Å². The van der Waals surface area contributed by atoms with Crippen LogP contribution in [0.5, 0.6) is 0 Å². The van der Waals surface area contributed by atoms with Gasteiger partial charge in [-0.05, 0) is 33.1 Å². The molecule has 0 aromatic rings. The molecule has 0 bridgehead atoms. The number of nitrogens with one attached hydrogen (secondary N) is 2. The Morgan fingerprint density at radius 2 is 1.83 bits per heavy atom. The van der Waals surface area contributed by atoms with Crippen LogP contribution in [-0.2, 0) is 4.79 Å². The first-order chi connectivity index (χ1) is 8.39. The zero-order valence-corrected chi connectivity index (χ0v) is 11.3. The van der Waals surface area contributed by atoms with Gasteiger partial charge >= 0.3 is 12.0 Å². The molecule has 0 aromatic heterocycles. The van der Waals surface area contributed by atoms with E-state index in [1.165, 1.54) is 19.3 Å². The van der Waals surface area contributed by atoms with E-state index in [1.807, 2.05) is 13.8 Å². The van der Waals surface area contributed by atoms with Crippen molar-refractivity contribution in [3.8, 4) is 0 Å². The number of hydrogen-bond acceptors (Lipinski definition) is 2. The normalized spacial score (nSPS) is 17.2. The highest BCUT2D eigenvalue weighted by Gasteiger charge is 2.23. The van der Waals surface area contributed by atoms with Gasteiger partial charge < -0.3 is 15.7 Å². The lowest BCUT2D eigenvalue weighted by atomic mass is 9.95. The highest BCUT2D eigenvalue weighted by atomic mass is 16.4. The summed E-state index contributed by atoms with van der Waals surface area (Å²) in [6.07, 6.45) is 6.19. The molecule has 3 N–H and O–H groups in total. The summed E-state index contributed by atoms with van der Waals surface area (Å²) in [6, 6.07) is 0.0892. The smallest absolute Gasteiger partial charge is 0.315 e. The van der Waals surface area contributed by atoms with Crippen molar-refractivity contribution in [2.75, 3.05) is 0 Å². The first-order valence-electron chi connectivity index (χ1n) is 6.69. The van der Waals surface area contributed by atoms with Crippen LogP contribution in [0.15, 0.2) is 0 Å². The van der Waals surface area contributed by atoms with Crippen LogP contribution in [0.3, 0.4) is 0 Å². The minimum atomic E-state index is -0.836. The molecule has 0 aliphatic heterocycles. The van der Waals surface area contributed by atoms with E-state index < -0.39 is 11.5 Å². The molecule has 1 rings (SSSR count). The maximum absolute atomic E-state index is 11.8. The molecule has 1 aliphatic rings. The summed E-state index contributed by atoms with van der Waals surface area (Å²) in [5.41, 5.74) is -0.489. The predicted molar refractivity (Wildman–Crippen MR) is 69.5 cm³/mol. The molecular formula is C13H24N2O3. The Hall–Kier alpha value is -1.26. The van der Waals surface area contributed by atoms with E-state index in [0.29, 0.717) is 6.42 Å². The monoisotopic (exact) mass is 256 g/mol. The van der Waals surface area contributed by atoms with Gasteiger partial charge in [0.25, 0.3) is 0 Å².